The zero-order valence-electron chi connectivity index (χ0n) is 13.5. The Morgan fingerprint density at radius 1 is 1.00 bits per heavy atom. The summed E-state index contributed by atoms with van der Waals surface area (Å²) in [6, 6.07) is 0. The molecule has 0 saturated heterocycles. The first-order valence-electron chi connectivity index (χ1n) is 6.23. The average molecular weight is 305 g/mol. The molecule has 0 aliphatic heterocycles. The van der Waals surface area contributed by atoms with Gasteiger partial charge < -0.3 is 9.47 Å². The molecule has 0 aromatic rings. The molecule has 0 unspecified atom stereocenters. The van der Waals surface area contributed by atoms with E-state index in [1.807, 2.05) is 0 Å². The number of alkyl carbamates (subject to hydrolysis) is 1. The van der Waals surface area contributed by atoms with Crippen molar-refractivity contribution in [2.45, 2.75) is 52.7 Å². The minimum Gasteiger partial charge on any atom is -0.426 e. The van der Waals surface area contributed by atoms with Gasteiger partial charge in [-0.25, -0.2) is 0 Å². The first-order valence-corrected chi connectivity index (χ1v) is 7.46. The summed E-state index contributed by atoms with van der Waals surface area (Å²) < 4.78 is 11.6. The number of ether oxygens (including phenoxy) is 2. The molecule has 0 aromatic carbocycles. The maximum absolute atomic E-state index is 11.9. The summed E-state index contributed by atoms with van der Waals surface area (Å²) in [6.07, 6.45) is 0.586. The molecule has 0 heterocycles. The number of nitrogens with one attached hydrogen (secondary N) is 1. The van der Waals surface area contributed by atoms with E-state index in [0.717, 1.165) is 0 Å². The number of hydrogen-bond donors (Lipinski definition) is 1. The molecule has 116 valence electrons. The number of thioether (sulfide) groups is 1. The van der Waals surface area contributed by atoms with E-state index in [1.54, 1.807) is 47.8 Å². The molecule has 20 heavy (non-hydrogen) atoms. The molecule has 0 aliphatic rings. The first-order chi connectivity index (χ1) is 8.85. The van der Waals surface area contributed by atoms with Crippen molar-refractivity contribution >= 4 is 29.1 Å². The third-order valence-corrected chi connectivity index (χ3v) is 2.54. The van der Waals surface area contributed by atoms with Crippen LogP contribution in [0.5, 0.6) is 0 Å². The van der Waals surface area contributed by atoms with Gasteiger partial charge in [0.25, 0.3) is 0 Å². The van der Waals surface area contributed by atoms with E-state index in [9.17, 15) is 9.59 Å². The van der Waals surface area contributed by atoms with Crippen molar-refractivity contribution in [1.29, 1.82) is 0 Å². The molecule has 0 bridgehead atoms. The molecule has 0 saturated carbocycles. The molecule has 0 aliphatic carbocycles. The van der Waals surface area contributed by atoms with Gasteiger partial charge in [-0.1, -0.05) is 0 Å². The van der Waals surface area contributed by atoms with Crippen LogP contribution in [0.1, 0.15) is 41.5 Å². The number of carbonyl (C=O) groups is 2. The maximum atomic E-state index is 11.9. The van der Waals surface area contributed by atoms with Gasteiger partial charge in [0.15, 0.2) is 0 Å². The van der Waals surface area contributed by atoms with Crippen LogP contribution in [-0.4, -0.2) is 46.4 Å². The maximum Gasteiger partial charge on any atom is 0.507 e. The van der Waals surface area contributed by atoms with Gasteiger partial charge in [0.2, 0.25) is 0 Å². The molecular formula is C13H25N2O4S+. The van der Waals surface area contributed by atoms with Crippen molar-refractivity contribution in [1.82, 2.24) is 5.32 Å². The highest BCUT2D eigenvalue weighted by Crippen LogP contribution is 2.10. The van der Waals surface area contributed by atoms with E-state index in [4.69, 9.17) is 9.47 Å². The predicted octanol–water partition coefficient (Wildman–Crippen LogP) is 2.81. The molecule has 2 amide bonds. The zero-order valence-corrected chi connectivity index (χ0v) is 14.3. The van der Waals surface area contributed by atoms with E-state index < -0.39 is 23.4 Å². The second-order valence-corrected chi connectivity index (χ2v) is 6.97. The van der Waals surface area contributed by atoms with Crippen LogP contribution >= 0.6 is 11.8 Å². The lowest BCUT2D eigenvalue weighted by Crippen LogP contribution is -2.41. The summed E-state index contributed by atoms with van der Waals surface area (Å²) >= 11 is 1.22. The minimum absolute atomic E-state index is 0.341. The largest absolute Gasteiger partial charge is 0.507 e. The molecule has 6 nitrogen and oxygen atoms in total. The van der Waals surface area contributed by atoms with Crippen LogP contribution in [0.25, 0.3) is 0 Å². The van der Waals surface area contributed by atoms with Crippen molar-refractivity contribution in [3.05, 3.63) is 0 Å². The van der Waals surface area contributed by atoms with Gasteiger partial charge in [0.05, 0.1) is 7.05 Å². The Balaban J connectivity index is 4.92. The van der Waals surface area contributed by atoms with Gasteiger partial charge in [0, 0.05) is 0 Å². The summed E-state index contributed by atoms with van der Waals surface area (Å²) in [5.41, 5.74) is -1.20. The zero-order chi connectivity index (χ0) is 16.1. The van der Waals surface area contributed by atoms with Crippen LogP contribution in [0.2, 0.25) is 0 Å². The Bertz CT molecular complexity index is 406. The van der Waals surface area contributed by atoms with E-state index >= 15 is 0 Å². The molecule has 0 atom stereocenters. The number of rotatable bonds is 0. The highest BCUT2D eigenvalue weighted by molar-refractivity contribution is 8.13. The molecular weight excluding hydrogens is 280 g/mol. The van der Waals surface area contributed by atoms with Crippen molar-refractivity contribution in [2.75, 3.05) is 13.3 Å². The van der Waals surface area contributed by atoms with Crippen LogP contribution in [0.3, 0.4) is 0 Å². The third-order valence-electron chi connectivity index (χ3n) is 1.77. The van der Waals surface area contributed by atoms with Crippen molar-refractivity contribution in [2.24, 2.45) is 0 Å². The number of amides is 2. The number of nitrogens with zero attached hydrogens (tertiary/aromatic N) is 1. The smallest absolute Gasteiger partial charge is 0.426 e. The highest BCUT2D eigenvalue weighted by Gasteiger charge is 2.27. The van der Waals surface area contributed by atoms with Gasteiger partial charge in [-0.2, -0.15) is 19.5 Å². The predicted molar refractivity (Wildman–Crippen MR) is 80.3 cm³/mol. The normalized spacial score (nSPS) is 13.4. The average Bonchev–Trinajstić information content (AvgIpc) is 2.19. The van der Waals surface area contributed by atoms with Crippen molar-refractivity contribution in [3.8, 4) is 0 Å². The van der Waals surface area contributed by atoms with Gasteiger partial charge in [-0.05, 0) is 59.6 Å². The number of amidine groups is 1. The molecule has 0 fully saturated rings. The monoisotopic (exact) mass is 305 g/mol. The highest BCUT2D eigenvalue weighted by atomic mass is 32.2. The summed E-state index contributed by atoms with van der Waals surface area (Å²) in [4.78, 5) is 23.6. The molecule has 0 rings (SSSR count). The fourth-order valence-electron chi connectivity index (χ4n) is 1.08. The molecule has 0 radical (unpaired) electrons. The fourth-order valence-corrected chi connectivity index (χ4v) is 1.61. The van der Waals surface area contributed by atoms with Crippen LogP contribution in [0.4, 0.5) is 9.59 Å². The topological polar surface area (TPSA) is 67.6 Å². The van der Waals surface area contributed by atoms with E-state index in [1.165, 1.54) is 23.4 Å². The van der Waals surface area contributed by atoms with Crippen LogP contribution < -0.4 is 5.32 Å². The van der Waals surface area contributed by atoms with Gasteiger partial charge in [-0.15, -0.1) is 0 Å². The molecule has 7 heteroatoms. The molecule has 0 spiro atoms. The second kappa shape index (κ2) is 6.97. The van der Waals surface area contributed by atoms with Gasteiger partial charge in [0.1, 0.15) is 11.2 Å². The summed E-state index contributed by atoms with van der Waals surface area (Å²) in [6.45, 7) is 10.6. The lowest BCUT2D eigenvalue weighted by molar-refractivity contribution is -0.417. The summed E-state index contributed by atoms with van der Waals surface area (Å²) in [5, 5.41) is 2.87. The van der Waals surface area contributed by atoms with Gasteiger partial charge in [-0.3, -0.25) is 0 Å². The number of carbonyl (C=O) groups excluding carboxylic acids is 2. The van der Waals surface area contributed by atoms with E-state index in [-0.39, 0.29) is 0 Å². The fraction of sp³-hybridized carbons (Fsp3) is 0.769. The Morgan fingerprint density at radius 3 is 1.80 bits per heavy atom. The van der Waals surface area contributed by atoms with Crippen LogP contribution in [-0.2, 0) is 9.47 Å². The Hall–Kier alpha value is -1.24. The lowest BCUT2D eigenvalue weighted by Gasteiger charge is -2.19. The Morgan fingerprint density at radius 2 is 1.45 bits per heavy atom. The molecule has 0 aromatic heterocycles. The quantitative estimate of drug-likeness (QED) is 0.423. The van der Waals surface area contributed by atoms with Crippen molar-refractivity contribution in [3.63, 3.8) is 0 Å². The van der Waals surface area contributed by atoms with E-state index in [0.29, 0.717) is 5.17 Å². The third kappa shape index (κ3) is 8.04. The molecule has 1 N–H and O–H groups in total. The van der Waals surface area contributed by atoms with Crippen LogP contribution in [0.15, 0.2) is 0 Å². The lowest BCUT2D eigenvalue weighted by atomic mass is 10.2. The van der Waals surface area contributed by atoms with Gasteiger partial charge >= 0.3 is 17.4 Å². The summed E-state index contributed by atoms with van der Waals surface area (Å²) in [7, 11) is 1.53. The van der Waals surface area contributed by atoms with Crippen LogP contribution in [0, 0.1) is 0 Å². The first kappa shape index (κ1) is 18.8. The standard InChI is InChI=1S/C13H24N2O4S/c1-12(2,3)18-10(16)14-9(20-8)15(7)11(17)19-13(4,5)6/h1-8H3/p+1. The Kier molecular flexibility index (Phi) is 6.53. The number of hydrogen-bond acceptors (Lipinski definition) is 5. The van der Waals surface area contributed by atoms with Crippen molar-refractivity contribution < 1.29 is 23.6 Å². The summed E-state index contributed by atoms with van der Waals surface area (Å²) in [5.74, 6) is 0. The van der Waals surface area contributed by atoms with E-state index in [2.05, 4.69) is 5.32 Å². The SMILES string of the molecule is CSC(NC(=O)OC(C)(C)C)=[N+](C)C(=O)OC(C)(C)C. The Labute approximate surface area is 124 Å². The minimum atomic E-state index is -0.614. The second-order valence-electron chi connectivity index (χ2n) is 6.18.